The number of nitriles is 1. The van der Waals surface area contributed by atoms with Gasteiger partial charge < -0.3 is 4.90 Å². The van der Waals surface area contributed by atoms with Crippen molar-refractivity contribution in [1.29, 1.82) is 5.26 Å². The summed E-state index contributed by atoms with van der Waals surface area (Å²) in [4.78, 5) is 6.20. The van der Waals surface area contributed by atoms with E-state index in [1.54, 1.807) is 4.90 Å². The van der Waals surface area contributed by atoms with Crippen LogP contribution >= 0.6 is 0 Å². The molecule has 3 heteroatoms. The molecule has 3 nitrogen and oxygen atoms in total. The first-order valence-corrected chi connectivity index (χ1v) is 5.55. The van der Waals surface area contributed by atoms with Crippen molar-refractivity contribution in [2.75, 3.05) is 0 Å². The van der Waals surface area contributed by atoms with Crippen molar-refractivity contribution < 1.29 is 0 Å². The Kier molecular flexibility index (Phi) is 2.27. The summed E-state index contributed by atoms with van der Waals surface area (Å²) < 4.78 is 0. The van der Waals surface area contributed by atoms with Gasteiger partial charge in [0.25, 0.3) is 0 Å². The predicted octanol–water partition coefficient (Wildman–Crippen LogP) is 2.55. The van der Waals surface area contributed by atoms with E-state index in [0.29, 0.717) is 13.1 Å². The summed E-state index contributed by atoms with van der Waals surface area (Å²) in [6.45, 7) is 1.37. The molecule has 3 rings (SSSR count). The van der Waals surface area contributed by atoms with Crippen molar-refractivity contribution in [3.63, 3.8) is 0 Å². The van der Waals surface area contributed by atoms with Crippen LogP contribution in [0.1, 0.15) is 11.1 Å². The molecule has 82 valence electrons. The second-order valence-corrected chi connectivity index (χ2v) is 4.12. The van der Waals surface area contributed by atoms with Gasteiger partial charge in [-0.2, -0.15) is 5.26 Å². The quantitative estimate of drug-likeness (QED) is 0.695. The molecule has 1 aliphatic rings. The number of pyridine rings is 1. The van der Waals surface area contributed by atoms with E-state index < -0.39 is 0 Å². The van der Waals surface area contributed by atoms with Crippen LogP contribution in [0.5, 0.6) is 0 Å². The Morgan fingerprint density at radius 2 is 1.94 bits per heavy atom. The van der Waals surface area contributed by atoms with Gasteiger partial charge in [0.15, 0.2) is 6.19 Å². The van der Waals surface area contributed by atoms with E-state index in [4.69, 9.17) is 5.26 Å². The minimum atomic E-state index is 0.671. The molecule has 0 bridgehead atoms. The number of hydrogen-bond donors (Lipinski definition) is 0. The summed E-state index contributed by atoms with van der Waals surface area (Å²) in [5, 5.41) is 8.96. The lowest BCUT2D eigenvalue weighted by molar-refractivity contribution is 0.417. The lowest BCUT2D eigenvalue weighted by Crippen LogP contribution is -2.07. The van der Waals surface area contributed by atoms with E-state index in [9.17, 15) is 0 Å². The highest BCUT2D eigenvalue weighted by molar-refractivity contribution is 5.65. The number of nitrogens with zero attached hydrogens (tertiary/aromatic N) is 3. The van der Waals surface area contributed by atoms with Crippen LogP contribution in [0.3, 0.4) is 0 Å². The highest BCUT2D eigenvalue weighted by Gasteiger charge is 2.21. The van der Waals surface area contributed by atoms with Crippen molar-refractivity contribution in [3.05, 3.63) is 53.7 Å². The molecule has 0 saturated heterocycles. The highest BCUT2D eigenvalue weighted by atomic mass is 15.1. The van der Waals surface area contributed by atoms with Gasteiger partial charge in [-0.15, -0.1) is 0 Å². The zero-order valence-corrected chi connectivity index (χ0v) is 9.30. The fourth-order valence-corrected chi connectivity index (χ4v) is 2.22. The topological polar surface area (TPSA) is 39.9 Å². The van der Waals surface area contributed by atoms with Gasteiger partial charge >= 0.3 is 0 Å². The summed E-state index contributed by atoms with van der Waals surface area (Å²) in [6.07, 6.45) is 4.02. The van der Waals surface area contributed by atoms with Crippen LogP contribution in [0.4, 0.5) is 0 Å². The molecule has 0 spiro atoms. The molecule has 2 heterocycles. The van der Waals surface area contributed by atoms with Crippen LogP contribution in [-0.4, -0.2) is 9.88 Å². The number of aromatic nitrogens is 1. The fourth-order valence-electron chi connectivity index (χ4n) is 2.22. The molecule has 0 radical (unpaired) electrons. The zero-order chi connectivity index (χ0) is 11.7. The Labute approximate surface area is 99.9 Å². The van der Waals surface area contributed by atoms with Crippen molar-refractivity contribution in [2.24, 2.45) is 0 Å². The van der Waals surface area contributed by atoms with E-state index >= 15 is 0 Å². The monoisotopic (exact) mass is 221 g/mol. The first kappa shape index (κ1) is 9.86. The van der Waals surface area contributed by atoms with E-state index in [1.165, 1.54) is 11.1 Å². The molecule has 1 aliphatic heterocycles. The van der Waals surface area contributed by atoms with E-state index in [0.717, 1.165) is 11.3 Å². The Hall–Kier alpha value is -2.34. The smallest absolute Gasteiger partial charge is 0.179 e. The summed E-state index contributed by atoms with van der Waals surface area (Å²) in [6, 6.07) is 12.1. The maximum atomic E-state index is 8.96. The molecule has 0 atom stereocenters. The van der Waals surface area contributed by atoms with Crippen molar-refractivity contribution in [2.45, 2.75) is 13.1 Å². The molecular weight excluding hydrogens is 210 g/mol. The number of hydrogen-bond acceptors (Lipinski definition) is 3. The van der Waals surface area contributed by atoms with Gasteiger partial charge in [-0.25, -0.2) is 0 Å². The molecule has 1 aromatic carbocycles. The van der Waals surface area contributed by atoms with Crippen LogP contribution in [0, 0.1) is 11.5 Å². The summed E-state index contributed by atoms with van der Waals surface area (Å²) in [5.41, 5.74) is 4.51. The van der Waals surface area contributed by atoms with Gasteiger partial charge in [-0.05, 0) is 11.6 Å². The largest absolute Gasteiger partial charge is 0.302 e. The van der Waals surface area contributed by atoms with Gasteiger partial charge in [-0.3, -0.25) is 4.98 Å². The Balaban J connectivity index is 2.10. The SMILES string of the molecule is N#CN1Cc2ccnc(-c3ccccc3)c2C1. The van der Waals surface area contributed by atoms with Crippen molar-refractivity contribution in [3.8, 4) is 17.5 Å². The molecule has 0 N–H and O–H groups in total. The Morgan fingerprint density at radius 3 is 2.71 bits per heavy atom. The van der Waals surface area contributed by atoms with Crippen LogP contribution in [0.15, 0.2) is 42.6 Å². The lowest BCUT2D eigenvalue weighted by atomic mass is 10.0. The van der Waals surface area contributed by atoms with Gasteiger partial charge in [0.1, 0.15) is 0 Å². The van der Waals surface area contributed by atoms with Crippen molar-refractivity contribution in [1.82, 2.24) is 9.88 Å². The molecule has 2 aromatic rings. The minimum Gasteiger partial charge on any atom is -0.302 e. The maximum absolute atomic E-state index is 8.96. The number of benzene rings is 1. The van der Waals surface area contributed by atoms with Gasteiger partial charge in [0.05, 0.1) is 18.8 Å². The zero-order valence-electron chi connectivity index (χ0n) is 9.30. The predicted molar refractivity (Wildman–Crippen MR) is 64.5 cm³/mol. The lowest BCUT2D eigenvalue weighted by Gasteiger charge is -2.06. The number of fused-ring (bicyclic) bond motifs is 1. The van der Waals surface area contributed by atoms with Crippen LogP contribution in [0.2, 0.25) is 0 Å². The third-order valence-electron chi connectivity index (χ3n) is 3.05. The van der Waals surface area contributed by atoms with E-state index in [-0.39, 0.29) is 0 Å². The molecule has 0 saturated carbocycles. The highest BCUT2D eigenvalue weighted by Crippen LogP contribution is 2.30. The molecular formula is C14H11N3. The normalized spacial score (nSPS) is 13.2. The van der Waals surface area contributed by atoms with Gasteiger partial charge in [0.2, 0.25) is 0 Å². The molecule has 0 aliphatic carbocycles. The third kappa shape index (κ3) is 1.64. The minimum absolute atomic E-state index is 0.671. The molecule has 0 unspecified atom stereocenters. The third-order valence-corrected chi connectivity index (χ3v) is 3.05. The first-order valence-electron chi connectivity index (χ1n) is 5.55. The maximum Gasteiger partial charge on any atom is 0.179 e. The Morgan fingerprint density at radius 1 is 1.12 bits per heavy atom. The Bertz CT molecular complexity index is 584. The molecule has 17 heavy (non-hydrogen) atoms. The van der Waals surface area contributed by atoms with Gasteiger partial charge in [0, 0.05) is 17.3 Å². The second kappa shape index (κ2) is 3.91. The molecule has 0 fully saturated rings. The molecule has 0 amide bonds. The van der Waals surface area contributed by atoms with Gasteiger partial charge in [-0.1, -0.05) is 30.3 Å². The van der Waals surface area contributed by atoms with Crippen LogP contribution in [-0.2, 0) is 13.1 Å². The second-order valence-electron chi connectivity index (χ2n) is 4.12. The van der Waals surface area contributed by atoms with Crippen LogP contribution < -0.4 is 0 Å². The molecule has 1 aromatic heterocycles. The average Bonchev–Trinajstić information content (AvgIpc) is 2.82. The summed E-state index contributed by atoms with van der Waals surface area (Å²) in [5.74, 6) is 0. The van der Waals surface area contributed by atoms with Crippen LogP contribution in [0.25, 0.3) is 11.3 Å². The summed E-state index contributed by atoms with van der Waals surface area (Å²) >= 11 is 0. The van der Waals surface area contributed by atoms with E-state index in [1.807, 2.05) is 30.5 Å². The summed E-state index contributed by atoms with van der Waals surface area (Å²) in [7, 11) is 0. The average molecular weight is 221 g/mol. The fraction of sp³-hybridized carbons (Fsp3) is 0.143. The standard InChI is InChI=1S/C14H11N3/c15-10-17-8-12-6-7-16-14(13(12)9-17)11-4-2-1-3-5-11/h1-7H,8-9H2. The first-order chi connectivity index (χ1) is 8.38. The number of rotatable bonds is 1. The van der Waals surface area contributed by atoms with Crippen molar-refractivity contribution >= 4 is 0 Å². The van der Waals surface area contributed by atoms with E-state index in [2.05, 4.69) is 23.3 Å².